The Hall–Kier alpha value is -0.660. The summed E-state index contributed by atoms with van der Waals surface area (Å²) in [6.07, 6.45) is 2.35. The normalized spacial score (nSPS) is 29.3. The number of nitrogens with zero attached hydrogens (tertiary/aromatic N) is 1. The minimum atomic E-state index is 0.0463. The first kappa shape index (κ1) is 4.50. The van der Waals surface area contributed by atoms with Crippen LogP contribution in [0.3, 0.4) is 0 Å². The van der Waals surface area contributed by atoms with Gasteiger partial charge in [0.05, 0.1) is 0 Å². The number of aliphatic imine (C=N–C) groups is 1. The van der Waals surface area contributed by atoms with E-state index in [2.05, 4.69) is 4.99 Å². The van der Waals surface area contributed by atoms with Gasteiger partial charge in [-0.2, -0.15) is 0 Å². The number of hydrogen-bond acceptors (Lipinski definition) is 2. The molecule has 2 heteroatoms. The number of carbonyl (C=O) groups is 1. The van der Waals surface area contributed by atoms with Gasteiger partial charge < -0.3 is 0 Å². The lowest BCUT2D eigenvalue weighted by atomic mass is 10.7. The third-order valence-electron chi connectivity index (χ3n) is 0.935. The van der Waals surface area contributed by atoms with E-state index in [0.29, 0.717) is 6.42 Å². The molecule has 2 nitrogen and oxygen atoms in total. The molecule has 0 amide bonds. The van der Waals surface area contributed by atoms with Crippen molar-refractivity contribution in [2.75, 3.05) is 0 Å². The van der Waals surface area contributed by atoms with E-state index in [-0.39, 0.29) is 11.8 Å². The Labute approximate surface area is 42.3 Å². The first-order chi connectivity index (χ1) is 3.34. The Kier molecular flexibility index (Phi) is 0.929. The Morgan fingerprint density at radius 2 is 2.57 bits per heavy atom. The summed E-state index contributed by atoms with van der Waals surface area (Å²) >= 11 is 0. The van der Waals surface area contributed by atoms with Crippen LogP contribution in [0.15, 0.2) is 4.99 Å². The number of rotatable bonds is 1. The molecule has 1 aliphatic carbocycles. The molecule has 0 aromatic rings. The molecule has 7 heavy (non-hydrogen) atoms. The molecule has 0 aromatic carbocycles. The predicted molar refractivity (Wildman–Crippen MR) is 27.6 cm³/mol. The maximum absolute atomic E-state index is 10.2. The Morgan fingerprint density at radius 3 is 2.71 bits per heavy atom. The summed E-state index contributed by atoms with van der Waals surface area (Å²) < 4.78 is 0. The molecule has 1 unspecified atom stereocenters. The van der Waals surface area contributed by atoms with Gasteiger partial charge in [0.1, 0.15) is 6.04 Å². The van der Waals surface area contributed by atoms with E-state index in [9.17, 15) is 4.79 Å². The summed E-state index contributed by atoms with van der Waals surface area (Å²) in [7, 11) is 0. The summed E-state index contributed by atoms with van der Waals surface area (Å²) in [5.74, 6) is 0.276. The van der Waals surface area contributed by atoms with Crippen molar-refractivity contribution in [1.29, 1.82) is 0 Å². The van der Waals surface area contributed by atoms with Gasteiger partial charge in [0.2, 0.25) is 0 Å². The predicted octanol–water partition coefficient (Wildman–Crippen LogP) is 0.419. The molecule has 0 N–H and O–H groups in total. The highest BCUT2D eigenvalue weighted by Gasteiger charge is 2.33. The number of hydrogen-bond donors (Lipinski definition) is 0. The Balaban J connectivity index is 2.34. The average molecular weight is 97.1 g/mol. The lowest BCUT2D eigenvalue weighted by Gasteiger charge is -1.70. The van der Waals surface area contributed by atoms with Crippen molar-refractivity contribution in [3.63, 3.8) is 0 Å². The van der Waals surface area contributed by atoms with Gasteiger partial charge in [-0.3, -0.25) is 9.79 Å². The summed E-state index contributed by atoms with van der Waals surface area (Å²) in [4.78, 5) is 14.0. The second-order valence-electron chi connectivity index (χ2n) is 1.59. The maximum atomic E-state index is 10.2. The smallest absolute Gasteiger partial charge is 0.160 e. The molecule has 1 fully saturated rings. The molecule has 0 bridgehead atoms. The SMILES string of the molecule is CC=NC1CC1=O. The van der Waals surface area contributed by atoms with Crippen LogP contribution < -0.4 is 0 Å². The van der Waals surface area contributed by atoms with Crippen LogP contribution in [0.2, 0.25) is 0 Å². The molecule has 0 heterocycles. The Bertz CT molecular complexity index is 117. The van der Waals surface area contributed by atoms with E-state index >= 15 is 0 Å². The van der Waals surface area contributed by atoms with Crippen LogP contribution in [0.25, 0.3) is 0 Å². The standard InChI is InChI=1S/C5H7NO/c1-2-6-4-3-5(4)7/h2,4H,3H2,1H3. The molecule has 1 saturated carbocycles. The minimum absolute atomic E-state index is 0.0463. The van der Waals surface area contributed by atoms with Crippen molar-refractivity contribution in [3.05, 3.63) is 0 Å². The van der Waals surface area contributed by atoms with Crippen LogP contribution in [-0.2, 0) is 4.79 Å². The molecule has 0 spiro atoms. The number of carbonyl (C=O) groups excluding carboxylic acids is 1. The topological polar surface area (TPSA) is 29.4 Å². The second kappa shape index (κ2) is 1.45. The Morgan fingerprint density at radius 1 is 2.00 bits per heavy atom. The molecule has 0 radical (unpaired) electrons. The van der Waals surface area contributed by atoms with Gasteiger partial charge in [0.25, 0.3) is 0 Å². The van der Waals surface area contributed by atoms with Gasteiger partial charge in [-0.15, -0.1) is 0 Å². The maximum Gasteiger partial charge on any atom is 0.160 e. The lowest BCUT2D eigenvalue weighted by molar-refractivity contribution is -0.110. The fraction of sp³-hybridized carbons (Fsp3) is 0.600. The fourth-order valence-corrected chi connectivity index (χ4v) is 0.447. The third-order valence-corrected chi connectivity index (χ3v) is 0.935. The number of ketones is 1. The molecule has 1 atom stereocenters. The van der Waals surface area contributed by atoms with E-state index in [1.807, 2.05) is 6.92 Å². The first-order valence-electron chi connectivity index (χ1n) is 2.35. The highest BCUT2D eigenvalue weighted by molar-refractivity contribution is 6.00. The van der Waals surface area contributed by atoms with E-state index in [1.165, 1.54) is 0 Å². The number of Topliss-reactive ketones (excluding diaryl/α,β-unsaturated/α-hetero) is 1. The van der Waals surface area contributed by atoms with Gasteiger partial charge in [0, 0.05) is 6.42 Å². The van der Waals surface area contributed by atoms with Gasteiger partial charge in [0.15, 0.2) is 5.78 Å². The second-order valence-corrected chi connectivity index (χ2v) is 1.59. The third kappa shape index (κ3) is 0.856. The zero-order valence-corrected chi connectivity index (χ0v) is 4.22. The van der Waals surface area contributed by atoms with E-state index in [1.54, 1.807) is 6.21 Å². The molecular weight excluding hydrogens is 90.1 g/mol. The lowest BCUT2D eigenvalue weighted by Crippen LogP contribution is -1.77. The summed E-state index contributed by atoms with van der Waals surface area (Å²) in [5.41, 5.74) is 0. The van der Waals surface area contributed by atoms with Gasteiger partial charge in [-0.1, -0.05) is 0 Å². The van der Waals surface area contributed by atoms with E-state index in [0.717, 1.165) is 0 Å². The zero-order valence-electron chi connectivity index (χ0n) is 4.22. The van der Waals surface area contributed by atoms with Crippen molar-refractivity contribution in [2.24, 2.45) is 4.99 Å². The van der Waals surface area contributed by atoms with Crippen molar-refractivity contribution in [3.8, 4) is 0 Å². The molecular formula is C5H7NO. The highest BCUT2D eigenvalue weighted by Crippen LogP contribution is 2.16. The van der Waals surface area contributed by atoms with E-state index < -0.39 is 0 Å². The van der Waals surface area contributed by atoms with Gasteiger partial charge in [-0.05, 0) is 13.1 Å². The summed E-state index contributed by atoms with van der Waals surface area (Å²) in [5, 5.41) is 0. The van der Waals surface area contributed by atoms with Crippen molar-refractivity contribution >= 4 is 12.0 Å². The highest BCUT2D eigenvalue weighted by atomic mass is 16.1. The average Bonchev–Trinajstić information content (AvgIpc) is 2.22. The molecule has 0 saturated heterocycles. The summed E-state index contributed by atoms with van der Waals surface area (Å²) in [6.45, 7) is 1.82. The largest absolute Gasteiger partial charge is 0.297 e. The fourth-order valence-electron chi connectivity index (χ4n) is 0.447. The molecule has 1 rings (SSSR count). The molecule has 38 valence electrons. The molecule has 0 aromatic heterocycles. The summed E-state index contributed by atoms with van der Waals surface area (Å²) in [6, 6.07) is 0.0463. The van der Waals surface area contributed by atoms with Crippen molar-refractivity contribution in [1.82, 2.24) is 0 Å². The van der Waals surface area contributed by atoms with Crippen LogP contribution in [0.4, 0.5) is 0 Å². The molecule has 0 aliphatic heterocycles. The van der Waals surface area contributed by atoms with Crippen molar-refractivity contribution in [2.45, 2.75) is 19.4 Å². The molecule has 1 aliphatic rings. The minimum Gasteiger partial charge on any atom is -0.297 e. The van der Waals surface area contributed by atoms with Gasteiger partial charge >= 0.3 is 0 Å². The van der Waals surface area contributed by atoms with Gasteiger partial charge in [-0.25, -0.2) is 0 Å². The monoisotopic (exact) mass is 97.1 g/mol. The van der Waals surface area contributed by atoms with Crippen LogP contribution in [-0.4, -0.2) is 18.0 Å². The quantitative estimate of drug-likeness (QED) is 0.436. The van der Waals surface area contributed by atoms with Crippen LogP contribution in [0.5, 0.6) is 0 Å². The first-order valence-corrected chi connectivity index (χ1v) is 2.35. The van der Waals surface area contributed by atoms with Crippen LogP contribution in [0, 0.1) is 0 Å². The van der Waals surface area contributed by atoms with Crippen LogP contribution >= 0.6 is 0 Å². The zero-order chi connectivity index (χ0) is 5.28. The van der Waals surface area contributed by atoms with Crippen molar-refractivity contribution < 1.29 is 4.79 Å². The van der Waals surface area contributed by atoms with Crippen LogP contribution in [0.1, 0.15) is 13.3 Å². The van der Waals surface area contributed by atoms with E-state index in [4.69, 9.17) is 0 Å².